The van der Waals surface area contributed by atoms with Gasteiger partial charge in [0.2, 0.25) is 0 Å². The van der Waals surface area contributed by atoms with Gasteiger partial charge in [-0.25, -0.2) is 0 Å². The first-order valence-corrected chi connectivity index (χ1v) is 10.3. The van der Waals surface area contributed by atoms with Gasteiger partial charge in [-0.2, -0.15) is 0 Å². The van der Waals surface area contributed by atoms with Gasteiger partial charge in [0.25, 0.3) is 0 Å². The maximum absolute atomic E-state index is 6.01. The molecule has 96 valence electrons. The van der Waals surface area contributed by atoms with Gasteiger partial charge in [-0.05, 0) is 12.8 Å². The molecule has 0 aromatic carbocycles. The molecule has 0 saturated heterocycles. The van der Waals surface area contributed by atoms with Crippen molar-refractivity contribution < 1.29 is 19.2 Å². The van der Waals surface area contributed by atoms with E-state index in [2.05, 4.69) is 10.5 Å². The van der Waals surface area contributed by atoms with Crippen LogP contribution in [0.25, 0.3) is 0 Å². The van der Waals surface area contributed by atoms with Crippen molar-refractivity contribution in [2.75, 3.05) is 0 Å². The van der Waals surface area contributed by atoms with Crippen LogP contribution in [0.1, 0.15) is 70.6 Å². The van der Waals surface area contributed by atoms with Gasteiger partial charge in [-0.1, -0.05) is 57.8 Å². The summed E-state index contributed by atoms with van der Waals surface area (Å²) in [5.74, 6) is 0. The molecule has 16 heavy (non-hydrogen) atoms. The molecule has 1 rings (SSSR count). The van der Waals surface area contributed by atoms with Crippen LogP contribution in [0.4, 0.5) is 0 Å². The zero-order valence-corrected chi connectivity index (χ0v) is 13.0. The van der Waals surface area contributed by atoms with Crippen LogP contribution in [0.2, 0.25) is 10.5 Å². The molecule has 2 heteroatoms. The van der Waals surface area contributed by atoms with Crippen molar-refractivity contribution in [2.45, 2.75) is 87.1 Å². The second-order valence-corrected chi connectivity index (χ2v) is 6.58. The molecule has 0 heterocycles. The first-order valence-electron chi connectivity index (χ1n) is 7.15. The Kier molecular flexibility index (Phi) is 14.3. The van der Waals surface area contributed by atoms with E-state index in [4.69, 9.17) is 5.73 Å². The molecule has 1 fully saturated rings. The van der Waals surface area contributed by atoms with Gasteiger partial charge >= 0.3 is 29.6 Å². The van der Waals surface area contributed by atoms with Gasteiger partial charge in [-0.3, -0.25) is 0 Å². The van der Waals surface area contributed by atoms with Crippen molar-refractivity contribution in [1.29, 1.82) is 0 Å². The Balaban J connectivity index is 0.000000673. The summed E-state index contributed by atoms with van der Waals surface area (Å²) < 4.78 is 0. The van der Waals surface area contributed by atoms with E-state index in [1.807, 2.05) is 0 Å². The Morgan fingerprint density at radius 3 is 1.25 bits per heavy atom. The van der Waals surface area contributed by atoms with Gasteiger partial charge in [0.1, 0.15) is 0 Å². The van der Waals surface area contributed by atoms with E-state index >= 15 is 0 Å². The third kappa shape index (κ3) is 12.7. The molecule has 1 nitrogen and oxygen atoms in total. The molecule has 1 aliphatic rings. The van der Waals surface area contributed by atoms with E-state index in [0.29, 0.717) is 25.2 Å². The molecule has 0 aliphatic heterocycles. The average molecular weight is 261 g/mol. The Hall–Kier alpha value is 0.674. The van der Waals surface area contributed by atoms with Crippen LogP contribution in [0.3, 0.4) is 0 Å². The Labute approximate surface area is 112 Å². The van der Waals surface area contributed by atoms with Crippen molar-refractivity contribution >= 4 is 0 Å². The third-order valence-electron chi connectivity index (χ3n) is 3.15. The van der Waals surface area contributed by atoms with E-state index in [0.717, 1.165) is 0 Å². The number of nitrogens with two attached hydrogens (primary N) is 1. The third-order valence-corrected chi connectivity index (χ3v) is 3.15. The Bertz CT molecular complexity index is 116. The number of rotatable bonds is 0. The maximum atomic E-state index is 6.01. The first-order chi connectivity index (χ1) is 7.81. The van der Waals surface area contributed by atoms with Crippen molar-refractivity contribution in [3.05, 3.63) is 0 Å². The van der Waals surface area contributed by atoms with Gasteiger partial charge in [0.05, 0.1) is 0 Å². The van der Waals surface area contributed by atoms with E-state index in [-0.39, 0.29) is 0 Å². The molecule has 2 N–H and O–H groups in total. The fraction of sp³-hybridized carbons (Fsp3) is 1.00. The zero-order valence-electron chi connectivity index (χ0n) is 11.4. The van der Waals surface area contributed by atoms with Crippen molar-refractivity contribution in [1.82, 2.24) is 0 Å². The fourth-order valence-electron chi connectivity index (χ4n) is 2.19. The molecule has 0 atom stereocenters. The van der Waals surface area contributed by atoms with Crippen LogP contribution in [0.5, 0.6) is 0 Å². The molecule has 0 aromatic rings. The van der Waals surface area contributed by atoms with E-state index in [1.54, 1.807) is 0 Å². The minimum atomic E-state index is 0.499. The fourth-order valence-corrected chi connectivity index (χ4v) is 2.19. The molecule has 1 aliphatic carbocycles. The van der Waals surface area contributed by atoms with Gasteiger partial charge in [-0.15, -0.1) is 0 Å². The molecule has 1 saturated carbocycles. The van der Waals surface area contributed by atoms with Gasteiger partial charge < -0.3 is 5.73 Å². The number of hydrogen-bond acceptors (Lipinski definition) is 1. The molecule has 0 spiro atoms. The standard InChI is InChI=1S/C12H25N.2CH3.Ti/c13-12-10-8-6-4-2-1-3-5-7-9-11-12;;;/h12H,1-11,13H2;2*1H3;. The predicted octanol–water partition coefficient (Wildman–Crippen LogP) is 4.78. The molecule has 0 radical (unpaired) electrons. The van der Waals surface area contributed by atoms with Gasteiger partial charge in [0.15, 0.2) is 0 Å². The van der Waals surface area contributed by atoms with Gasteiger partial charge in [0, 0.05) is 6.04 Å². The molecule has 0 unspecified atom stereocenters. The molecule has 0 aromatic heterocycles. The van der Waals surface area contributed by atoms with Crippen LogP contribution >= 0.6 is 0 Å². The molecule has 0 amide bonds. The minimum absolute atomic E-state index is 0.499. The van der Waals surface area contributed by atoms with Crippen molar-refractivity contribution in [3.8, 4) is 0 Å². The SMILES string of the molecule is NC1CCCCCCCCCCC1.[CH3][Ti][CH3]. The second-order valence-electron chi connectivity index (χ2n) is 5.02. The Morgan fingerprint density at radius 2 is 0.938 bits per heavy atom. The summed E-state index contributed by atoms with van der Waals surface area (Å²) in [4.78, 5) is 0. The average Bonchev–Trinajstić information content (AvgIpc) is 2.24. The monoisotopic (exact) mass is 261 g/mol. The summed E-state index contributed by atoms with van der Waals surface area (Å²) in [7, 11) is 0. The summed E-state index contributed by atoms with van der Waals surface area (Å²) in [6, 6.07) is 0.499. The summed E-state index contributed by atoms with van der Waals surface area (Å²) in [6.45, 7) is 0. The summed E-state index contributed by atoms with van der Waals surface area (Å²) in [5, 5.41) is 4.50. The van der Waals surface area contributed by atoms with Crippen LogP contribution in [-0.4, -0.2) is 6.04 Å². The van der Waals surface area contributed by atoms with Crippen LogP contribution in [0.15, 0.2) is 0 Å². The molecular formula is C14H31NTi. The quantitative estimate of drug-likeness (QED) is 0.624. The zero-order chi connectivity index (χ0) is 12.1. The normalized spacial score (nSPS) is 20.9. The summed E-state index contributed by atoms with van der Waals surface area (Å²) >= 11 is 0.500. The second kappa shape index (κ2) is 13.7. The van der Waals surface area contributed by atoms with Crippen LogP contribution < -0.4 is 5.73 Å². The van der Waals surface area contributed by atoms with Crippen molar-refractivity contribution in [3.63, 3.8) is 0 Å². The Morgan fingerprint density at radius 1 is 0.688 bits per heavy atom. The van der Waals surface area contributed by atoms with E-state index in [1.165, 1.54) is 70.6 Å². The van der Waals surface area contributed by atoms with E-state index in [9.17, 15) is 0 Å². The van der Waals surface area contributed by atoms with E-state index < -0.39 is 0 Å². The van der Waals surface area contributed by atoms with Crippen molar-refractivity contribution in [2.24, 2.45) is 5.73 Å². The topological polar surface area (TPSA) is 26.0 Å². The van der Waals surface area contributed by atoms with Crippen LogP contribution in [0, 0.1) is 0 Å². The predicted molar refractivity (Wildman–Crippen MR) is 70.5 cm³/mol. The summed E-state index contributed by atoms with van der Waals surface area (Å²) in [6.07, 6.45) is 15.3. The molecular weight excluding hydrogens is 230 g/mol. The number of hydrogen-bond donors (Lipinski definition) is 1. The van der Waals surface area contributed by atoms with Crippen LogP contribution in [-0.2, 0) is 19.2 Å². The first kappa shape index (κ1) is 16.7. The summed E-state index contributed by atoms with van der Waals surface area (Å²) in [5.41, 5.74) is 6.01. The molecule has 0 bridgehead atoms.